The van der Waals surface area contributed by atoms with E-state index in [1.54, 1.807) is 55.5 Å². The summed E-state index contributed by atoms with van der Waals surface area (Å²) in [6.07, 6.45) is 3.00. The van der Waals surface area contributed by atoms with Gasteiger partial charge in [0.25, 0.3) is 15.9 Å². The molecule has 1 amide bonds. The van der Waals surface area contributed by atoms with Crippen molar-refractivity contribution < 1.29 is 17.9 Å². The summed E-state index contributed by atoms with van der Waals surface area (Å²) < 4.78 is 33.2. The number of carbonyl (C=O) groups excluding carboxylic acids is 1. The van der Waals surface area contributed by atoms with Gasteiger partial charge in [-0.2, -0.15) is 0 Å². The van der Waals surface area contributed by atoms with E-state index in [2.05, 4.69) is 17.4 Å². The number of benzene rings is 3. The van der Waals surface area contributed by atoms with E-state index in [0.29, 0.717) is 18.0 Å². The Hall–Kier alpha value is -3.32. The van der Waals surface area contributed by atoms with Crippen molar-refractivity contribution in [2.75, 3.05) is 17.5 Å². The molecule has 0 aromatic heterocycles. The van der Waals surface area contributed by atoms with Crippen LogP contribution in [-0.2, 0) is 21.2 Å². The minimum atomic E-state index is -3.67. The highest BCUT2D eigenvalue weighted by Crippen LogP contribution is 2.29. The molecular formula is C27H30N2O4S. The molecule has 178 valence electrons. The number of hydrogen-bond donors (Lipinski definition) is 1. The maximum absolute atomic E-state index is 13.1. The second kappa shape index (κ2) is 10.3. The highest BCUT2D eigenvalue weighted by Gasteiger charge is 2.24. The average Bonchev–Trinajstić information content (AvgIpc) is 2.84. The number of nitrogens with one attached hydrogen (secondary N) is 1. The number of ether oxygens (including phenoxy) is 1. The largest absolute Gasteiger partial charge is 0.484 e. The summed E-state index contributed by atoms with van der Waals surface area (Å²) in [6, 6.07) is 21.8. The fraction of sp³-hybridized carbons (Fsp3) is 0.296. The van der Waals surface area contributed by atoms with Crippen molar-refractivity contribution in [1.29, 1.82) is 0 Å². The van der Waals surface area contributed by atoms with Gasteiger partial charge >= 0.3 is 0 Å². The maximum Gasteiger partial charge on any atom is 0.264 e. The number of rotatable bonds is 8. The standard InChI is InChI=1S/C27H30N2O4S/c1-3-29(34(31,32)24-17-11-20(2)12-18-24)22-13-15-23(16-14-22)33-19-27(30)28-26-10-6-8-21-7-4-5-9-25(21)26/h4-5,7,9,11-18,26H,3,6,8,10,19H2,1-2H3,(H,28,30)/t26-/m1/s1. The molecule has 0 aliphatic heterocycles. The minimum absolute atomic E-state index is 0.00789. The Morgan fingerprint density at radius 2 is 1.74 bits per heavy atom. The van der Waals surface area contributed by atoms with Gasteiger partial charge in [-0.15, -0.1) is 0 Å². The topological polar surface area (TPSA) is 75.7 Å². The molecule has 1 atom stereocenters. The lowest BCUT2D eigenvalue weighted by Gasteiger charge is -2.26. The van der Waals surface area contributed by atoms with Crippen LogP contribution in [0.3, 0.4) is 0 Å². The van der Waals surface area contributed by atoms with Crippen molar-refractivity contribution in [3.8, 4) is 5.75 Å². The number of nitrogens with zero attached hydrogens (tertiary/aromatic N) is 1. The Labute approximate surface area is 201 Å². The van der Waals surface area contributed by atoms with Crippen LogP contribution in [0.1, 0.15) is 42.5 Å². The van der Waals surface area contributed by atoms with Crippen LogP contribution in [0.4, 0.5) is 5.69 Å². The molecule has 3 aromatic rings. The van der Waals surface area contributed by atoms with Gasteiger partial charge in [0.2, 0.25) is 0 Å². The molecule has 6 nitrogen and oxygen atoms in total. The third-order valence-electron chi connectivity index (χ3n) is 6.10. The molecular weight excluding hydrogens is 448 g/mol. The summed E-state index contributed by atoms with van der Waals surface area (Å²) in [6.45, 7) is 3.91. The molecule has 4 rings (SSSR count). The first-order chi connectivity index (χ1) is 16.4. The third kappa shape index (κ3) is 5.25. The molecule has 1 aliphatic carbocycles. The summed E-state index contributed by atoms with van der Waals surface area (Å²) in [4.78, 5) is 12.8. The molecule has 0 fully saturated rings. The normalized spacial score (nSPS) is 15.3. The van der Waals surface area contributed by atoms with Crippen LogP contribution in [-0.4, -0.2) is 27.5 Å². The number of anilines is 1. The molecule has 0 radical (unpaired) electrons. The SMILES string of the molecule is CCN(c1ccc(OCC(=O)N[C@@H]2CCCc3ccccc32)cc1)S(=O)(=O)c1ccc(C)cc1. The predicted octanol–water partition coefficient (Wildman–Crippen LogP) is 4.78. The molecule has 0 saturated heterocycles. The number of carbonyl (C=O) groups is 1. The number of amides is 1. The summed E-state index contributed by atoms with van der Waals surface area (Å²) in [7, 11) is -3.67. The average molecular weight is 479 g/mol. The molecule has 0 heterocycles. The van der Waals surface area contributed by atoms with Gasteiger partial charge in [0.15, 0.2) is 6.61 Å². The van der Waals surface area contributed by atoms with Crippen LogP contribution in [0.5, 0.6) is 5.75 Å². The Morgan fingerprint density at radius 1 is 1.03 bits per heavy atom. The summed E-state index contributed by atoms with van der Waals surface area (Å²) in [5, 5.41) is 3.07. The van der Waals surface area contributed by atoms with Crippen LogP contribution in [0, 0.1) is 6.92 Å². The highest BCUT2D eigenvalue weighted by molar-refractivity contribution is 7.92. The van der Waals surface area contributed by atoms with E-state index < -0.39 is 10.0 Å². The van der Waals surface area contributed by atoms with Crippen molar-refractivity contribution >= 4 is 21.6 Å². The number of hydrogen-bond acceptors (Lipinski definition) is 4. The van der Waals surface area contributed by atoms with E-state index >= 15 is 0 Å². The van der Waals surface area contributed by atoms with Crippen molar-refractivity contribution in [1.82, 2.24) is 5.32 Å². The smallest absolute Gasteiger partial charge is 0.264 e. The molecule has 0 saturated carbocycles. The van der Waals surface area contributed by atoms with E-state index in [4.69, 9.17) is 4.74 Å². The first kappa shape index (κ1) is 23.8. The van der Waals surface area contributed by atoms with E-state index in [0.717, 1.165) is 24.8 Å². The third-order valence-corrected chi connectivity index (χ3v) is 8.01. The van der Waals surface area contributed by atoms with Gasteiger partial charge < -0.3 is 10.1 Å². The van der Waals surface area contributed by atoms with Crippen molar-refractivity contribution in [3.63, 3.8) is 0 Å². The molecule has 34 heavy (non-hydrogen) atoms. The first-order valence-electron chi connectivity index (χ1n) is 11.6. The van der Waals surface area contributed by atoms with Crippen LogP contribution in [0.25, 0.3) is 0 Å². The van der Waals surface area contributed by atoms with Crippen LogP contribution in [0.15, 0.2) is 77.7 Å². The lowest BCUT2D eigenvalue weighted by Crippen LogP contribution is -2.34. The van der Waals surface area contributed by atoms with Gasteiger partial charge in [0, 0.05) is 6.54 Å². The Balaban J connectivity index is 1.38. The molecule has 0 unspecified atom stereocenters. The number of sulfonamides is 1. The molecule has 1 N–H and O–H groups in total. The van der Waals surface area contributed by atoms with Crippen LogP contribution in [0.2, 0.25) is 0 Å². The monoisotopic (exact) mass is 478 g/mol. The predicted molar refractivity (Wildman–Crippen MR) is 134 cm³/mol. The molecule has 1 aliphatic rings. The van der Waals surface area contributed by atoms with Gasteiger partial charge in [-0.05, 0) is 80.6 Å². The Kier molecular flexibility index (Phi) is 7.22. The van der Waals surface area contributed by atoms with Crippen LogP contribution >= 0.6 is 0 Å². The first-order valence-corrected chi connectivity index (χ1v) is 13.0. The van der Waals surface area contributed by atoms with Crippen LogP contribution < -0.4 is 14.4 Å². The maximum atomic E-state index is 13.1. The van der Waals surface area contributed by atoms with Gasteiger partial charge in [0.05, 0.1) is 16.6 Å². The highest BCUT2D eigenvalue weighted by atomic mass is 32.2. The molecule has 0 spiro atoms. The molecule has 7 heteroatoms. The molecule has 0 bridgehead atoms. The van der Waals surface area contributed by atoms with Gasteiger partial charge in [-0.3, -0.25) is 9.10 Å². The minimum Gasteiger partial charge on any atom is -0.484 e. The lowest BCUT2D eigenvalue weighted by molar-refractivity contribution is -0.123. The second-order valence-corrected chi connectivity index (χ2v) is 10.3. The van der Waals surface area contributed by atoms with Crippen molar-refractivity contribution in [2.24, 2.45) is 0 Å². The Morgan fingerprint density at radius 3 is 2.44 bits per heavy atom. The lowest BCUT2D eigenvalue weighted by atomic mass is 9.88. The zero-order valence-corrected chi connectivity index (χ0v) is 20.3. The summed E-state index contributed by atoms with van der Waals surface area (Å²) in [5.74, 6) is 0.328. The Bertz CT molecular complexity index is 1240. The van der Waals surface area contributed by atoms with E-state index in [1.165, 1.54) is 15.4 Å². The quantitative estimate of drug-likeness (QED) is 0.505. The zero-order chi connectivity index (χ0) is 24.1. The van der Waals surface area contributed by atoms with Crippen molar-refractivity contribution in [3.05, 3.63) is 89.5 Å². The van der Waals surface area contributed by atoms with E-state index in [9.17, 15) is 13.2 Å². The number of aryl methyl sites for hydroxylation is 2. The van der Waals surface area contributed by atoms with Gasteiger partial charge in [-0.1, -0.05) is 42.0 Å². The van der Waals surface area contributed by atoms with E-state index in [-0.39, 0.29) is 23.5 Å². The fourth-order valence-corrected chi connectivity index (χ4v) is 5.80. The fourth-order valence-electron chi connectivity index (χ4n) is 4.33. The summed E-state index contributed by atoms with van der Waals surface area (Å²) >= 11 is 0. The van der Waals surface area contributed by atoms with Crippen molar-refractivity contribution in [2.45, 2.75) is 44.0 Å². The zero-order valence-electron chi connectivity index (χ0n) is 19.5. The van der Waals surface area contributed by atoms with E-state index in [1.807, 2.05) is 19.1 Å². The van der Waals surface area contributed by atoms with Gasteiger partial charge in [0.1, 0.15) is 5.75 Å². The molecule has 3 aromatic carbocycles. The second-order valence-electron chi connectivity index (χ2n) is 8.48. The number of fused-ring (bicyclic) bond motifs is 1. The van der Waals surface area contributed by atoms with Gasteiger partial charge in [-0.25, -0.2) is 8.42 Å². The summed E-state index contributed by atoms with van der Waals surface area (Å²) in [5.41, 5.74) is 4.01.